The maximum Gasteiger partial charge on any atom is 0.328 e. The van der Waals surface area contributed by atoms with Gasteiger partial charge in [-0.25, -0.2) is 4.79 Å². The zero-order valence-corrected chi connectivity index (χ0v) is 9.34. The number of hydrogen-bond donors (Lipinski definition) is 2. The number of hydrogen-bond acceptors (Lipinski definition) is 2. The Morgan fingerprint density at radius 1 is 1.50 bits per heavy atom. The molecule has 0 aliphatic carbocycles. The molecule has 3 nitrogen and oxygen atoms in total. The van der Waals surface area contributed by atoms with E-state index >= 15 is 0 Å². The van der Waals surface area contributed by atoms with Gasteiger partial charge in [0, 0.05) is 12.6 Å². The lowest BCUT2D eigenvalue weighted by Gasteiger charge is -2.06. The van der Waals surface area contributed by atoms with Crippen LogP contribution in [-0.2, 0) is 4.79 Å². The first-order valence-electron chi connectivity index (χ1n) is 5.13. The van der Waals surface area contributed by atoms with Gasteiger partial charge in [-0.05, 0) is 32.2 Å². The molecule has 0 rings (SSSR count). The SMILES string of the molecule is CC(=CC(=O)O)CNCCCC(C)C. The standard InChI is InChI=1S/C11H21NO2/c1-9(2)5-4-6-12-8-10(3)7-11(13)14/h7,9,12H,4-6,8H2,1-3H3,(H,13,14). The minimum atomic E-state index is -0.869. The molecule has 0 saturated carbocycles. The fourth-order valence-electron chi connectivity index (χ4n) is 1.18. The second kappa shape index (κ2) is 7.56. The monoisotopic (exact) mass is 199 g/mol. The largest absolute Gasteiger partial charge is 0.478 e. The Balaban J connectivity index is 3.41. The Morgan fingerprint density at radius 2 is 2.14 bits per heavy atom. The summed E-state index contributed by atoms with van der Waals surface area (Å²) < 4.78 is 0. The lowest BCUT2D eigenvalue weighted by atomic mass is 10.1. The third kappa shape index (κ3) is 9.26. The van der Waals surface area contributed by atoms with Crippen LogP contribution in [0.1, 0.15) is 33.6 Å². The first-order chi connectivity index (χ1) is 6.52. The quantitative estimate of drug-likeness (QED) is 0.487. The van der Waals surface area contributed by atoms with E-state index in [4.69, 9.17) is 5.11 Å². The molecule has 0 fully saturated rings. The van der Waals surface area contributed by atoms with Gasteiger partial charge in [-0.15, -0.1) is 0 Å². The Labute approximate surface area is 86.2 Å². The van der Waals surface area contributed by atoms with Crippen LogP contribution in [0.4, 0.5) is 0 Å². The lowest BCUT2D eigenvalue weighted by molar-refractivity contribution is -0.131. The van der Waals surface area contributed by atoms with Crippen molar-refractivity contribution in [1.29, 1.82) is 0 Å². The van der Waals surface area contributed by atoms with Crippen LogP contribution < -0.4 is 5.32 Å². The first kappa shape index (κ1) is 13.2. The molecule has 0 spiro atoms. The van der Waals surface area contributed by atoms with Gasteiger partial charge in [0.25, 0.3) is 0 Å². The molecule has 0 aromatic carbocycles. The van der Waals surface area contributed by atoms with Gasteiger partial charge in [-0.2, -0.15) is 0 Å². The highest BCUT2D eigenvalue weighted by Gasteiger charge is 1.95. The smallest absolute Gasteiger partial charge is 0.328 e. The highest BCUT2D eigenvalue weighted by atomic mass is 16.4. The van der Waals surface area contributed by atoms with Crippen LogP contribution in [0.15, 0.2) is 11.6 Å². The summed E-state index contributed by atoms with van der Waals surface area (Å²) in [4.78, 5) is 10.3. The van der Waals surface area contributed by atoms with Gasteiger partial charge < -0.3 is 10.4 Å². The van der Waals surface area contributed by atoms with E-state index in [-0.39, 0.29) is 0 Å². The number of carboxylic acids is 1. The van der Waals surface area contributed by atoms with Crippen LogP contribution >= 0.6 is 0 Å². The second-order valence-electron chi connectivity index (χ2n) is 4.04. The van der Waals surface area contributed by atoms with Crippen molar-refractivity contribution in [1.82, 2.24) is 5.32 Å². The van der Waals surface area contributed by atoms with Crippen molar-refractivity contribution in [2.75, 3.05) is 13.1 Å². The van der Waals surface area contributed by atoms with E-state index < -0.39 is 5.97 Å². The summed E-state index contributed by atoms with van der Waals surface area (Å²) in [5.74, 6) is -0.126. The van der Waals surface area contributed by atoms with E-state index in [0.717, 1.165) is 24.5 Å². The zero-order chi connectivity index (χ0) is 11.0. The summed E-state index contributed by atoms with van der Waals surface area (Å²) >= 11 is 0. The van der Waals surface area contributed by atoms with Crippen LogP contribution in [-0.4, -0.2) is 24.2 Å². The molecule has 3 heteroatoms. The topological polar surface area (TPSA) is 49.3 Å². The van der Waals surface area contributed by atoms with Gasteiger partial charge in [0.15, 0.2) is 0 Å². The Hall–Kier alpha value is -0.830. The molecular weight excluding hydrogens is 178 g/mol. The lowest BCUT2D eigenvalue weighted by Crippen LogP contribution is -2.18. The summed E-state index contributed by atoms with van der Waals surface area (Å²) in [6.07, 6.45) is 3.61. The molecule has 82 valence electrons. The van der Waals surface area contributed by atoms with Gasteiger partial charge >= 0.3 is 5.97 Å². The molecule has 0 aliphatic heterocycles. The molecule has 0 bridgehead atoms. The molecule has 0 aromatic rings. The van der Waals surface area contributed by atoms with E-state index in [1.165, 1.54) is 12.5 Å². The Kier molecular flexibility index (Phi) is 7.11. The zero-order valence-electron chi connectivity index (χ0n) is 9.34. The summed E-state index contributed by atoms with van der Waals surface area (Å²) in [5, 5.41) is 11.7. The van der Waals surface area contributed by atoms with Crippen molar-refractivity contribution in [2.24, 2.45) is 5.92 Å². The van der Waals surface area contributed by atoms with Gasteiger partial charge in [-0.3, -0.25) is 0 Å². The third-order valence-corrected chi connectivity index (χ3v) is 1.91. The van der Waals surface area contributed by atoms with E-state index in [2.05, 4.69) is 19.2 Å². The molecule has 0 heterocycles. The average molecular weight is 199 g/mol. The number of aliphatic carboxylic acids is 1. The fraction of sp³-hybridized carbons (Fsp3) is 0.727. The number of carboxylic acid groups (broad SMARTS) is 1. The van der Waals surface area contributed by atoms with Gasteiger partial charge in [-0.1, -0.05) is 19.4 Å². The molecule has 0 aliphatic rings. The summed E-state index contributed by atoms with van der Waals surface area (Å²) in [6, 6.07) is 0. The summed E-state index contributed by atoms with van der Waals surface area (Å²) in [6.45, 7) is 7.86. The summed E-state index contributed by atoms with van der Waals surface area (Å²) in [5.41, 5.74) is 0.863. The predicted molar refractivity (Wildman–Crippen MR) is 58.3 cm³/mol. The van der Waals surface area contributed by atoms with E-state index in [1.807, 2.05) is 6.92 Å². The highest BCUT2D eigenvalue weighted by Crippen LogP contribution is 2.01. The van der Waals surface area contributed by atoms with Crippen molar-refractivity contribution in [2.45, 2.75) is 33.6 Å². The van der Waals surface area contributed by atoms with Crippen LogP contribution in [0.5, 0.6) is 0 Å². The van der Waals surface area contributed by atoms with Gasteiger partial charge in [0.05, 0.1) is 0 Å². The predicted octanol–water partition coefficient (Wildman–Crippen LogP) is 2.04. The molecular formula is C11H21NO2. The molecule has 0 saturated heterocycles. The molecule has 0 radical (unpaired) electrons. The number of carbonyl (C=O) groups is 1. The molecule has 14 heavy (non-hydrogen) atoms. The van der Waals surface area contributed by atoms with Crippen molar-refractivity contribution in [3.05, 3.63) is 11.6 Å². The number of rotatable bonds is 7. The molecule has 0 unspecified atom stereocenters. The minimum Gasteiger partial charge on any atom is -0.478 e. The second-order valence-corrected chi connectivity index (χ2v) is 4.04. The average Bonchev–Trinajstić information content (AvgIpc) is 2.01. The number of nitrogens with one attached hydrogen (secondary N) is 1. The van der Waals surface area contributed by atoms with Crippen LogP contribution in [0.3, 0.4) is 0 Å². The highest BCUT2D eigenvalue weighted by molar-refractivity contribution is 5.80. The molecule has 0 amide bonds. The first-order valence-corrected chi connectivity index (χ1v) is 5.13. The van der Waals surface area contributed by atoms with Crippen molar-refractivity contribution in [3.8, 4) is 0 Å². The van der Waals surface area contributed by atoms with E-state index in [1.54, 1.807) is 0 Å². The van der Waals surface area contributed by atoms with Gasteiger partial charge in [0.1, 0.15) is 0 Å². The van der Waals surface area contributed by atoms with E-state index in [0.29, 0.717) is 6.54 Å². The van der Waals surface area contributed by atoms with Crippen LogP contribution in [0, 0.1) is 5.92 Å². The van der Waals surface area contributed by atoms with Crippen LogP contribution in [0.2, 0.25) is 0 Å². The molecule has 0 aromatic heterocycles. The maximum absolute atomic E-state index is 10.3. The molecule has 2 N–H and O–H groups in total. The minimum absolute atomic E-state index is 0.671. The maximum atomic E-state index is 10.3. The van der Waals surface area contributed by atoms with Crippen molar-refractivity contribution < 1.29 is 9.90 Å². The third-order valence-electron chi connectivity index (χ3n) is 1.91. The Morgan fingerprint density at radius 3 is 2.64 bits per heavy atom. The normalized spacial score (nSPS) is 12.1. The molecule has 0 atom stereocenters. The van der Waals surface area contributed by atoms with E-state index in [9.17, 15) is 4.79 Å². The fourth-order valence-corrected chi connectivity index (χ4v) is 1.18. The van der Waals surface area contributed by atoms with Crippen molar-refractivity contribution in [3.63, 3.8) is 0 Å². The van der Waals surface area contributed by atoms with Crippen molar-refractivity contribution >= 4 is 5.97 Å². The Bertz CT molecular complexity index is 197. The van der Waals surface area contributed by atoms with Gasteiger partial charge in [0.2, 0.25) is 0 Å². The summed E-state index contributed by atoms with van der Waals surface area (Å²) in [7, 11) is 0. The van der Waals surface area contributed by atoms with Crippen LogP contribution in [0.25, 0.3) is 0 Å².